The highest BCUT2D eigenvalue weighted by Gasteiger charge is 2.11. The van der Waals surface area contributed by atoms with E-state index >= 15 is 0 Å². The minimum Gasteiger partial charge on any atom is -0.338 e. The van der Waals surface area contributed by atoms with E-state index in [2.05, 4.69) is 73.9 Å². The molecule has 0 fully saturated rings. The summed E-state index contributed by atoms with van der Waals surface area (Å²) >= 11 is 0. The van der Waals surface area contributed by atoms with Gasteiger partial charge < -0.3 is 9.97 Å². The first-order chi connectivity index (χ1) is 16.3. The van der Waals surface area contributed by atoms with Crippen LogP contribution in [0.4, 0.5) is 0 Å². The summed E-state index contributed by atoms with van der Waals surface area (Å²) in [5.41, 5.74) is 9.76. The largest absolute Gasteiger partial charge is 0.338 e. The number of aromatic nitrogens is 7. The number of nitrogens with one attached hydrogen (secondary N) is 3. The van der Waals surface area contributed by atoms with Crippen LogP contribution in [0.25, 0.3) is 67.0 Å². The van der Waals surface area contributed by atoms with Crippen LogP contribution in [0.1, 0.15) is 0 Å². The van der Waals surface area contributed by atoms with Crippen molar-refractivity contribution in [3.63, 3.8) is 0 Å². The summed E-state index contributed by atoms with van der Waals surface area (Å²) in [6.45, 7) is 0. The zero-order chi connectivity index (χ0) is 21.8. The Morgan fingerprint density at radius 2 is 1.03 bits per heavy atom. The first-order valence-electron chi connectivity index (χ1n) is 10.7. The molecule has 0 bridgehead atoms. The van der Waals surface area contributed by atoms with Gasteiger partial charge in [0.15, 0.2) is 0 Å². The van der Waals surface area contributed by atoms with Crippen molar-refractivity contribution >= 4 is 33.1 Å². The van der Waals surface area contributed by atoms with Crippen LogP contribution in [-0.4, -0.2) is 35.3 Å². The van der Waals surface area contributed by atoms with Crippen molar-refractivity contribution in [3.8, 4) is 33.9 Å². The van der Waals surface area contributed by atoms with Crippen LogP contribution < -0.4 is 0 Å². The number of fused-ring (bicyclic) bond motifs is 3. The van der Waals surface area contributed by atoms with Crippen molar-refractivity contribution in [2.45, 2.75) is 0 Å². The normalized spacial score (nSPS) is 11.6. The Kier molecular flexibility index (Phi) is 3.71. The van der Waals surface area contributed by atoms with Crippen LogP contribution in [0.2, 0.25) is 0 Å². The quantitative estimate of drug-likeness (QED) is 0.336. The van der Waals surface area contributed by atoms with Crippen LogP contribution in [0, 0.1) is 0 Å². The van der Waals surface area contributed by atoms with Gasteiger partial charge in [-0.3, -0.25) is 0 Å². The molecule has 7 aromatic rings. The molecule has 3 aromatic heterocycles. The van der Waals surface area contributed by atoms with Crippen molar-refractivity contribution in [2.24, 2.45) is 0 Å². The van der Waals surface area contributed by atoms with Crippen molar-refractivity contribution in [2.75, 3.05) is 0 Å². The van der Waals surface area contributed by atoms with E-state index < -0.39 is 0 Å². The fourth-order valence-corrected chi connectivity index (χ4v) is 4.24. The molecule has 33 heavy (non-hydrogen) atoms. The lowest BCUT2D eigenvalue weighted by atomic mass is 10.1. The number of rotatable bonds is 3. The van der Waals surface area contributed by atoms with Gasteiger partial charge in [-0.2, -0.15) is 15.4 Å². The Hall–Kier alpha value is -4.78. The second-order valence-electron chi connectivity index (χ2n) is 8.03. The first-order valence-corrected chi connectivity index (χ1v) is 10.7. The molecule has 7 rings (SSSR count). The number of imidazole rings is 2. The lowest BCUT2D eigenvalue weighted by Gasteiger charge is -2.00. The molecule has 0 saturated heterocycles. The van der Waals surface area contributed by atoms with Gasteiger partial charge in [0.05, 0.1) is 22.1 Å². The number of nitrogens with zero attached hydrogens (tertiary/aromatic N) is 4. The molecule has 4 aromatic carbocycles. The maximum Gasteiger partial charge on any atom is 0.138 e. The van der Waals surface area contributed by atoms with Gasteiger partial charge in [-0.25, -0.2) is 9.97 Å². The molecule has 0 amide bonds. The molecule has 0 aliphatic heterocycles. The summed E-state index contributed by atoms with van der Waals surface area (Å²) in [5.74, 6) is 1.63. The Labute approximate surface area is 187 Å². The maximum atomic E-state index is 4.81. The van der Waals surface area contributed by atoms with E-state index in [0.29, 0.717) is 0 Å². The van der Waals surface area contributed by atoms with E-state index in [0.717, 1.165) is 61.4 Å². The van der Waals surface area contributed by atoms with Gasteiger partial charge in [-0.05, 0) is 59.7 Å². The molecule has 0 saturated carbocycles. The molecule has 0 unspecified atom stereocenters. The monoisotopic (exact) mass is 427 g/mol. The van der Waals surface area contributed by atoms with Gasteiger partial charge >= 0.3 is 0 Å². The van der Waals surface area contributed by atoms with E-state index in [1.54, 1.807) is 0 Å². The van der Waals surface area contributed by atoms with Crippen molar-refractivity contribution in [1.82, 2.24) is 35.3 Å². The zero-order valence-electron chi connectivity index (χ0n) is 17.4. The van der Waals surface area contributed by atoms with Crippen LogP contribution >= 0.6 is 0 Å². The standard InChI is InChI=1S/C26H17N7/c1-2-4-15(5-3-1)16-6-9-19-22(12-16)29-25(27-19)17-7-10-20-23(13-17)30-26(28-20)18-8-11-21-24(14-18)32-33-31-21/h1-14H,(H,27,29)(H,28,30)(H,31,32,33). The fraction of sp³-hybridized carbons (Fsp3) is 0. The molecule has 0 atom stereocenters. The second kappa shape index (κ2) is 6.86. The molecular formula is C26H17N7. The van der Waals surface area contributed by atoms with Crippen LogP contribution in [0.15, 0.2) is 84.9 Å². The fourth-order valence-electron chi connectivity index (χ4n) is 4.24. The Morgan fingerprint density at radius 1 is 0.455 bits per heavy atom. The highest BCUT2D eigenvalue weighted by Crippen LogP contribution is 2.29. The number of benzene rings is 4. The summed E-state index contributed by atoms with van der Waals surface area (Å²) in [4.78, 5) is 16.5. The van der Waals surface area contributed by atoms with E-state index in [1.807, 2.05) is 36.4 Å². The molecule has 0 aliphatic carbocycles. The van der Waals surface area contributed by atoms with Crippen molar-refractivity contribution in [3.05, 3.63) is 84.9 Å². The smallest absolute Gasteiger partial charge is 0.138 e. The van der Waals surface area contributed by atoms with E-state index in [9.17, 15) is 0 Å². The number of hydrogen-bond donors (Lipinski definition) is 3. The lowest BCUT2D eigenvalue weighted by molar-refractivity contribution is 0.959. The maximum absolute atomic E-state index is 4.81. The molecule has 156 valence electrons. The predicted octanol–water partition coefficient (Wildman–Crippen LogP) is 5.71. The van der Waals surface area contributed by atoms with E-state index in [1.165, 1.54) is 5.56 Å². The van der Waals surface area contributed by atoms with Crippen LogP contribution in [0.3, 0.4) is 0 Å². The molecule has 7 heteroatoms. The molecule has 3 heterocycles. The van der Waals surface area contributed by atoms with Gasteiger partial charge in [-0.1, -0.05) is 36.4 Å². The first kappa shape index (κ1) is 17.9. The Balaban J connectivity index is 1.27. The zero-order valence-corrected chi connectivity index (χ0v) is 17.4. The minimum absolute atomic E-state index is 0.796. The molecule has 0 radical (unpaired) electrons. The van der Waals surface area contributed by atoms with E-state index in [4.69, 9.17) is 9.97 Å². The summed E-state index contributed by atoms with van der Waals surface area (Å²) in [5, 5.41) is 10.9. The average molecular weight is 427 g/mol. The SMILES string of the molecule is c1ccc(-c2ccc3nc(-c4ccc5nc(-c6ccc7n[nH]nc7c6)[nH]c5c4)[nH]c3c2)cc1. The molecule has 3 N–H and O–H groups in total. The van der Waals surface area contributed by atoms with Gasteiger partial charge in [0.2, 0.25) is 0 Å². The molecule has 7 nitrogen and oxygen atoms in total. The van der Waals surface area contributed by atoms with Gasteiger partial charge in [0.25, 0.3) is 0 Å². The molecule has 0 aliphatic rings. The van der Waals surface area contributed by atoms with Crippen molar-refractivity contribution < 1.29 is 0 Å². The molecular weight excluding hydrogens is 410 g/mol. The van der Waals surface area contributed by atoms with Gasteiger partial charge in [0, 0.05) is 11.1 Å². The van der Waals surface area contributed by atoms with Gasteiger partial charge in [-0.15, -0.1) is 0 Å². The van der Waals surface area contributed by atoms with E-state index in [-0.39, 0.29) is 0 Å². The topological polar surface area (TPSA) is 98.9 Å². The summed E-state index contributed by atoms with van der Waals surface area (Å²) in [6.07, 6.45) is 0. The number of aromatic amines is 3. The summed E-state index contributed by atoms with van der Waals surface area (Å²) < 4.78 is 0. The Morgan fingerprint density at radius 3 is 1.76 bits per heavy atom. The lowest BCUT2D eigenvalue weighted by Crippen LogP contribution is -1.81. The second-order valence-corrected chi connectivity index (χ2v) is 8.03. The highest BCUT2D eigenvalue weighted by atomic mass is 15.3. The number of hydrogen-bond acceptors (Lipinski definition) is 4. The highest BCUT2D eigenvalue weighted by molar-refractivity contribution is 5.88. The third-order valence-corrected chi connectivity index (χ3v) is 5.93. The van der Waals surface area contributed by atoms with Gasteiger partial charge in [0.1, 0.15) is 22.7 Å². The van der Waals surface area contributed by atoms with Crippen LogP contribution in [-0.2, 0) is 0 Å². The summed E-state index contributed by atoms with van der Waals surface area (Å²) in [7, 11) is 0. The van der Waals surface area contributed by atoms with Crippen LogP contribution in [0.5, 0.6) is 0 Å². The van der Waals surface area contributed by atoms with Crippen molar-refractivity contribution in [1.29, 1.82) is 0 Å². The predicted molar refractivity (Wildman–Crippen MR) is 130 cm³/mol. The summed E-state index contributed by atoms with van der Waals surface area (Å²) in [6, 6.07) is 28.7. The number of H-pyrrole nitrogens is 3. The molecule has 0 spiro atoms. The third kappa shape index (κ3) is 2.98. The minimum atomic E-state index is 0.796. The average Bonchev–Trinajstić information content (AvgIpc) is 3.60. The third-order valence-electron chi connectivity index (χ3n) is 5.93. The Bertz CT molecular complexity index is 1770.